The van der Waals surface area contributed by atoms with E-state index in [0.29, 0.717) is 15.1 Å². The van der Waals surface area contributed by atoms with Gasteiger partial charge in [-0.15, -0.1) is 0 Å². The number of nitrogens with one attached hydrogen (secondary N) is 1. The molecule has 0 saturated carbocycles. The first-order chi connectivity index (χ1) is 14.2. The van der Waals surface area contributed by atoms with Gasteiger partial charge in [-0.25, -0.2) is 9.80 Å². The Morgan fingerprint density at radius 3 is 2.53 bits per heavy atom. The number of carbonyl (C=O) groups is 1. The number of hydroxylamine groups is 2. The Morgan fingerprint density at radius 1 is 1.30 bits per heavy atom. The third kappa shape index (κ3) is 4.75. The summed E-state index contributed by atoms with van der Waals surface area (Å²) in [4.78, 5) is 22.9. The van der Waals surface area contributed by atoms with Crippen molar-refractivity contribution in [3.8, 4) is 0 Å². The number of nitro benzene ring substituents is 1. The van der Waals surface area contributed by atoms with E-state index < -0.39 is 21.9 Å². The number of benzene rings is 2. The number of hydrogen-bond acceptors (Lipinski definition) is 7. The van der Waals surface area contributed by atoms with Crippen molar-refractivity contribution in [2.24, 2.45) is 5.10 Å². The summed E-state index contributed by atoms with van der Waals surface area (Å²) in [7, 11) is 0. The van der Waals surface area contributed by atoms with Crippen LogP contribution in [0.1, 0.15) is 19.4 Å². The van der Waals surface area contributed by atoms with Crippen molar-refractivity contribution in [3.05, 3.63) is 70.3 Å². The van der Waals surface area contributed by atoms with Gasteiger partial charge < -0.3 is 5.32 Å². The highest BCUT2D eigenvalue weighted by Crippen LogP contribution is 2.42. The van der Waals surface area contributed by atoms with Gasteiger partial charge in [0.1, 0.15) is 0 Å². The maximum Gasteiger partial charge on any atom is 0.347 e. The van der Waals surface area contributed by atoms with Gasteiger partial charge in [-0.3, -0.25) is 15.3 Å². The molecule has 0 radical (unpaired) electrons. The summed E-state index contributed by atoms with van der Waals surface area (Å²) in [6, 6.07) is 13.8. The number of hydrazone groups is 1. The fourth-order valence-electron chi connectivity index (χ4n) is 2.85. The lowest BCUT2D eigenvalue weighted by molar-refractivity contribution is -0.384. The first-order valence-electron chi connectivity index (χ1n) is 8.84. The van der Waals surface area contributed by atoms with Crippen LogP contribution in [0.2, 0.25) is 0 Å². The standard InChI is InChI=1S/C19H19N5O4S2/c1-19(2)16(22(18(29)30-19)20-12-13-6-4-3-5-7-13)23(26)17(25)21-14-8-10-15(11-9-14)24(27)28/h3-12,16,26H,1-2H3,(H,21,25)/b20-12-/t16-/m1/s1. The molecule has 1 fully saturated rings. The number of nitrogens with zero attached hydrogens (tertiary/aromatic N) is 4. The van der Waals surface area contributed by atoms with Crippen LogP contribution in [0.4, 0.5) is 16.2 Å². The van der Waals surface area contributed by atoms with E-state index in [2.05, 4.69) is 10.4 Å². The molecule has 11 heteroatoms. The monoisotopic (exact) mass is 445 g/mol. The topological polar surface area (TPSA) is 111 Å². The quantitative estimate of drug-likeness (QED) is 0.232. The number of thiocarbonyl (C=S) groups is 1. The lowest BCUT2D eigenvalue weighted by atomic mass is 10.1. The van der Waals surface area contributed by atoms with Crippen LogP contribution in [-0.2, 0) is 0 Å². The Labute approximate surface area is 182 Å². The third-order valence-corrected chi connectivity index (χ3v) is 5.83. The molecule has 30 heavy (non-hydrogen) atoms. The van der Waals surface area contributed by atoms with Crippen LogP contribution >= 0.6 is 24.0 Å². The Bertz CT molecular complexity index is 982. The number of urea groups is 1. The van der Waals surface area contributed by atoms with Gasteiger partial charge in [0.25, 0.3) is 5.69 Å². The van der Waals surface area contributed by atoms with Crippen molar-refractivity contribution < 1.29 is 14.9 Å². The van der Waals surface area contributed by atoms with E-state index >= 15 is 0 Å². The smallest absolute Gasteiger partial charge is 0.306 e. The van der Waals surface area contributed by atoms with E-state index in [-0.39, 0.29) is 5.69 Å². The van der Waals surface area contributed by atoms with E-state index in [1.54, 1.807) is 6.21 Å². The summed E-state index contributed by atoms with van der Waals surface area (Å²) >= 11 is 6.72. The molecule has 1 saturated heterocycles. The van der Waals surface area contributed by atoms with Gasteiger partial charge in [0, 0.05) is 17.8 Å². The molecule has 0 aliphatic carbocycles. The molecule has 0 aromatic heterocycles. The van der Waals surface area contributed by atoms with Crippen LogP contribution in [0.25, 0.3) is 0 Å². The molecule has 2 aromatic rings. The van der Waals surface area contributed by atoms with E-state index in [1.807, 2.05) is 44.2 Å². The predicted octanol–water partition coefficient (Wildman–Crippen LogP) is 4.29. The van der Waals surface area contributed by atoms with Gasteiger partial charge >= 0.3 is 6.03 Å². The molecule has 1 aliphatic rings. The van der Waals surface area contributed by atoms with Gasteiger partial charge in [0.15, 0.2) is 10.5 Å². The van der Waals surface area contributed by atoms with Crippen molar-refractivity contribution >= 4 is 51.9 Å². The number of amides is 2. The molecule has 2 amide bonds. The number of nitro groups is 1. The minimum absolute atomic E-state index is 0.103. The predicted molar refractivity (Wildman–Crippen MR) is 120 cm³/mol. The second-order valence-electron chi connectivity index (χ2n) is 6.92. The largest absolute Gasteiger partial charge is 0.347 e. The first kappa shape index (κ1) is 21.7. The van der Waals surface area contributed by atoms with Crippen molar-refractivity contribution in [1.29, 1.82) is 0 Å². The second-order valence-corrected chi connectivity index (χ2v) is 9.21. The Hall–Kier alpha value is -3.02. The number of rotatable bonds is 5. The molecule has 1 heterocycles. The lowest BCUT2D eigenvalue weighted by Gasteiger charge is -2.34. The fourth-order valence-corrected chi connectivity index (χ4v) is 4.64. The van der Waals surface area contributed by atoms with Gasteiger partial charge in [-0.2, -0.15) is 10.2 Å². The zero-order valence-corrected chi connectivity index (χ0v) is 17.8. The van der Waals surface area contributed by atoms with Gasteiger partial charge in [-0.1, -0.05) is 54.3 Å². The van der Waals surface area contributed by atoms with Gasteiger partial charge in [0.2, 0.25) is 0 Å². The van der Waals surface area contributed by atoms with Gasteiger partial charge in [0.05, 0.1) is 15.9 Å². The van der Waals surface area contributed by atoms with Crippen LogP contribution < -0.4 is 5.32 Å². The van der Waals surface area contributed by atoms with Crippen LogP contribution in [0.15, 0.2) is 59.7 Å². The summed E-state index contributed by atoms with van der Waals surface area (Å²) in [5.41, 5.74) is 1.04. The summed E-state index contributed by atoms with van der Waals surface area (Å²) in [6.07, 6.45) is 0.733. The summed E-state index contributed by atoms with van der Waals surface area (Å²) in [5.74, 6) is 0. The Kier molecular flexibility index (Phi) is 6.34. The highest BCUT2D eigenvalue weighted by atomic mass is 32.2. The van der Waals surface area contributed by atoms with Crippen molar-refractivity contribution in [1.82, 2.24) is 10.1 Å². The maximum atomic E-state index is 12.6. The Morgan fingerprint density at radius 2 is 1.93 bits per heavy atom. The SMILES string of the molecule is CC1(C)SC(=S)N(/N=C\c2ccccc2)[C@@H]1N(O)C(=O)Nc1ccc([N+](=O)[O-])cc1. The first-order valence-corrected chi connectivity index (χ1v) is 10.1. The molecule has 2 aromatic carbocycles. The van der Waals surface area contributed by atoms with E-state index in [1.165, 1.54) is 41.0 Å². The molecule has 3 rings (SSSR count). The van der Waals surface area contributed by atoms with E-state index in [9.17, 15) is 20.1 Å². The Balaban J connectivity index is 1.78. The normalized spacial score (nSPS) is 17.9. The van der Waals surface area contributed by atoms with Gasteiger partial charge in [-0.05, 0) is 31.5 Å². The molecule has 0 bridgehead atoms. The molecular formula is C19H19N5O4S2. The highest BCUT2D eigenvalue weighted by Gasteiger charge is 2.50. The third-order valence-electron chi connectivity index (χ3n) is 4.29. The molecule has 0 spiro atoms. The minimum atomic E-state index is -0.868. The summed E-state index contributed by atoms with van der Waals surface area (Å²) in [5, 5.41) is 30.3. The van der Waals surface area contributed by atoms with Crippen molar-refractivity contribution in [2.75, 3.05) is 5.32 Å². The molecule has 1 aliphatic heterocycles. The zero-order chi connectivity index (χ0) is 21.9. The second kappa shape index (κ2) is 8.78. The summed E-state index contributed by atoms with van der Waals surface area (Å²) < 4.78 is -0.230. The number of carbonyl (C=O) groups excluding carboxylic acids is 1. The van der Waals surface area contributed by atoms with Crippen molar-refractivity contribution in [3.63, 3.8) is 0 Å². The van der Waals surface area contributed by atoms with E-state index in [0.717, 1.165) is 5.56 Å². The molecular weight excluding hydrogens is 426 g/mol. The lowest BCUT2D eigenvalue weighted by Crippen LogP contribution is -2.54. The average molecular weight is 446 g/mol. The molecule has 2 N–H and O–H groups in total. The van der Waals surface area contributed by atoms with Crippen LogP contribution in [-0.4, -0.2) is 47.7 Å². The fraction of sp³-hybridized carbons (Fsp3) is 0.211. The minimum Gasteiger partial charge on any atom is -0.306 e. The maximum absolute atomic E-state index is 12.6. The van der Waals surface area contributed by atoms with Crippen LogP contribution in [0.3, 0.4) is 0 Å². The molecule has 0 unspecified atom stereocenters. The van der Waals surface area contributed by atoms with Crippen molar-refractivity contribution in [2.45, 2.75) is 24.8 Å². The van der Waals surface area contributed by atoms with Crippen LogP contribution in [0.5, 0.6) is 0 Å². The molecule has 1 atom stereocenters. The van der Waals surface area contributed by atoms with Crippen LogP contribution in [0, 0.1) is 10.1 Å². The highest BCUT2D eigenvalue weighted by molar-refractivity contribution is 8.24. The number of thioether (sulfide) groups is 1. The number of anilines is 1. The number of non-ortho nitro benzene ring substituents is 1. The van der Waals surface area contributed by atoms with E-state index in [4.69, 9.17) is 12.2 Å². The average Bonchev–Trinajstić information content (AvgIpc) is 2.94. The number of hydrogen-bond donors (Lipinski definition) is 2. The summed E-state index contributed by atoms with van der Waals surface area (Å²) in [6.45, 7) is 3.68. The molecule has 9 nitrogen and oxygen atoms in total. The zero-order valence-electron chi connectivity index (χ0n) is 16.1. The molecule has 156 valence electrons.